The normalized spacial score (nSPS) is 13.0. The van der Waals surface area contributed by atoms with E-state index in [0.717, 1.165) is 25.7 Å². The Kier molecular flexibility index (Phi) is 8.42. The summed E-state index contributed by atoms with van der Waals surface area (Å²) in [6.45, 7) is 8.42. The third-order valence-electron chi connectivity index (χ3n) is 3.89. The molecule has 0 spiro atoms. The summed E-state index contributed by atoms with van der Waals surface area (Å²) >= 11 is 0. The maximum atomic E-state index is 12.3. The first kappa shape index (κ1) is 20.6. The lowest BCUT2D eigenvalue weighted by Gasteiger charge is -2.15. The summed E-state index contributed by atoms with van der Waals surface area (Å²) in [6.07, 6.45) is 4.42. The van der Waals surface area contributed by atoms with Crippen LogP contribution in [-0.4, -0.2) is 26.9 Å². The van der Waals surface area contributed by atoms with Gasteiger partial charge in [0, 0.05) is 18.2 Å². The first-order chi connectivity index (χ1) is 11.3. The van der Waals surface area contributed by atoms with Gasteiger partial charge in [0.2, 0.25) is 10.0 Å². The summed E-state index contributed by atoms with van der Waals surface area (Å²) in [4.78, 5) is 12.4. The van der Waals surface area contributed by atoms with Crippen molar-refractivity contribution < 1.29 is 13.2 Å². The smallest absolute Gasteiger partial charge is 0.251 e. The van der Waals surface area contributed by atoms with Crippen molar-refractivity contribution in [3.8, 4) is 0 Å². The number of hydrogen-bond donors (Lipinski definition) is 2. The van der Waals surface area contributed by atoms with Gasteiger partial charge in [-0.15, -0.1) is 0 Å². The van der Waals surface area contributed by atoms with Crippen molar-refractivity contribution in [3.05, 3.63) is 29.8 Å². The van der Waals surface area contributed by atoms with Gasteiger partial charge >= 0.3 is 0 Å². The second-order valence-electron chi connectivity index (χ2n) is 6.43. The van der Waals surface area contributed by atoms with Crippen LogP contribution in [0.4, 0.5) is 0 Å². The maximum absolute atomic E-state index is 12.3. The average Bonchev–Trinajstić information content (AvgIpc) is 2.53. The molecule has 0 aromatic heterocycles. The monoisotopic (exact) mass is 354 g/mol. The van der Waals surface area contributed by atoms with Crippen molar-refractivity contribution in [1.29, 1.82) is 0 Å². The highest BCUT2D eigenvalue weighted by molar-refractivity contribution is 7.89. The van der Waals surface area contributed by atoms with E-state index in [1.807, 2.05) is 0 Å². The average molecular weight is 355 g/mol. The van der Waals surface area contributed by atoms with Crippen molar-refractivity contribution in [3.63, 3.8) is 0 Å². The molecule has 0 aliphatic carbocycles. The Morgan fingerprint density at radius 1 is 1.21 bits per heavy atom. The molecule has 2 N–H and O–H groups in total. The number of rotatable bonds is 10. The number of carbonyl (C=O) groups is 1. The maximum Gasteiger partial charge on any atom is 0.251 e. The van der Waals surface area contributed by atoms with E-state index in [2.05, 4.69) is 23.9 Å². The molecule has 1 amide bonds. The number of benzene rings is 1. The summed E-state index contributed by atoms with van der Waals surface area (Å²) in [7, 11) is -3.59. The Morgan fingerprint density at radius 2 is 1.92 bits per heavy atom. The van der Waals surface area contributed by atoms with Crippen LogP contribution >= 0.6 is 0 Å². The SMILES string of the molecule is CCCCC(CC)CNC(=O)c1cccc(S(=O)(=O)NC(C)C)c1. The molecule has 0 saturated carbocycles. The fourth-order valence-corrected chi connectivity index (χ4v) is 3.76. The molecule has 1 unspecified atom stereocenters. The van der Waals surface area contributed by atoms with Crippen LogP contribution in [0.2, 0.25) is 0 Å². The van der Waals surface area contributed by atoms with Gasteiger partial charge in [-0.05, 0) is 44.4 Å². The fraction of sp³-hybridized carbons (Fsp3) is 0.611. The second kappa shape index (κ2) is 9.79. The molecule has 0 aliphatic heterocycles. The van der Waals surface area contributed by atoms with Crippen molar-refractivity contribution in [2.24, 2.45) is 5.92 Å². The predicted octanol–water partition coefficient (Wildman–Crippen LogP) is 3.32. The largest absolute Gasteiger partial charge is 0.352 e. The molecule has 24 heavy (non-hydrogen) atoms. The minimum atomic E-state index is -3.59. The van der Waals surface area contributed by atoms with Crippen LogP contribution < -0.4 is 10.0 Å². The molecule has 1 aromatic carbocycles. The van der Waals surface area contributed by atoms with E-state index in [9.17, 15) is 13.2 Å². The lowest BCUT2D eigenvalue weighted by atomic mass is 9.99. The summed E-state index contributed by atoms with van der Waals surface area (Å²) in [5.41, 5.74) is 0.368. The number of sulfonamides is 1. The van der Waals surface area contributed by atoms with Crippen molar-refractivity contribution in [1.82, 2.24) is 10.0 Å². The third-order valence-corrected chi connectivity index (χ3v) is 5.55. The van der Waals surface area contributed by atoms with E-state index in [1.54, 1.807) is 26.0 Å². The van der Waals surface area contributed by atoms with Gasteiger partial charge in [0.1, 0.15) is 0 Å². The molecule has 0 saturated heterocycles. The Labute approximate surface area is 146 Å². The van der Waals surface area contributed by atoms with Crippen LogP contribution in [0, 0.1) is 5.92 Å². The lowest BCUT2D eigenvalue weighted by Crippen LogP contribution is -2.31. The summed E-state index contributed by atoms with van der Waals surface area (Å²) in [5.74, 6) is 0.231. The molecular formula is C18H30N2O3S. The van der Waals surface area contributed by atoms with E-state index in [0.29, 0.717) is 18.0 Å². The Bertz CT molecular complexity index is 627. The van der Waals surface area contributed by atoms with Crippen LogP contribution in [-0.2, 0) is 10.0 Å². The molecule has 0 bridgehead atoms. The van der Waals surface area contributed by atoms with Gasteiger partial charge in [-0.3, -0.25) is 4.79 Å². The Hall–Kier alpha value is -1.40. The van der Waals surface area contributed by atoms with Gasteiger partial charge in [-0.1, -0.05) is 39.2 Å². The number of carbonyl (C=O) groups excluding carboxylic acids is 1. The quantitative estimate of drug-likeness (QED) is 0.677. The first-order valence-electron chi connectivity index (χ1n) is 8.70. The lowest BCUT2D eigenvalue weighted by molar-refractivity contribution is 0.0945. The zero-order chi connectivity index (χ0) is 18.2. The molecule has 1 atom stereocenters. The molecule has 6 heteroatoms. The van der Waals surface area contributed by atoms with E-state index < -0.39 is 10.0 Å². The van der Waals surface area contributed by atoms with E-state index >= 15 is 0 Å². The Morgan fingerprint density at radius 3 is 2.50 bits per heavy atom. The van der Waals surface area contributed by atoms with E-state index in [1.165, 1.54) is 12.1 Å². The highest BCUT2D eigenvalue weighted by Gasteiger charge is 2.17. The van der Waals surface area contributed by atoms with Crippen LogP contribution in [0.5, 0.6) is 0 Å². The fourth-order valence-electron chi connectivity index (χ4n) is 2.47. The second-order valence-corrected chi connectivity index (χ2v) is 8.14. The van der Waals surface area contributed by atoms with E-state index in [-0.39, 0.29) is 16.8 Å². The molecule has 0 heterocycles. The van der Waals surface area contributed by atoms with Crippen molar-refractivity contribution >= 4 is 15.9 Å². The summed E-state index contributed by atoms with van der Waals surface area (Å²) in [5, 5.41) is 2.92. The molecular weight excluding hydrogens is 324 g/mol. The third kappa shape index (κ3) is 6.61. The molecule has 0 aliphatic rings. The Balaban J connectivity index is 2.77. The molecule has 5 nitrogen and oxygen atoms in total. The standard InChI is InChI=1S/C18H30N2O3S/c1-5-7-9-15(6-2)13-19-18(21)16-10-8-11-17(12-16)24(22,23)20-14(3)4/h8,10-12,14-15,20H,5-7,9,13H2,1-4H3,(H,19,21). The summed E-state index contributed by atoms with van der Waals surface area (Å²) in [6, 6.07) is 5.95. The highest BCUT2D eigenvalue weighted by Crippen LogP contribution is 2.14. The van der Waals surface area contributed by atoms with E-state index in [4.69, 9.17) is 0 Å². The van der Waals surface area contributed by atoms with Crippen molar-refractivity contribution in [2.45, 2.75) is 64.3 Å². The van der Waals surface area contributed by atoms with Gasteiger partial charge in [-0.2, -0.15) is 0 Å². The number of amides is 1. The van der Waals surface area contributed by atoms with Crippen LogP contribution in [0.15, 0.2) is 29.2 Å². The molecule has 136 valence electrons. The minimum Gasteiger partial charge on any atom is -0.352 e. The molecule has 1 aromatic rings. The molecule has 0 radical (unpaired) electrons. The minimum absolute atomic E-state index is 0.113. The van der Waals surface area contributed by atoms with Gasteiger partial charge in [0.15, 0.2) is 0 Å². The zero-order valence-electron chi connectivity index (χ0n) is 15.1. The van der Waals surface area contributed by atoms with Crippen LogP contribution in [0.25, 0.3) is 0 Å². The van der Waals surface area contributed by atoms with Gasteiger partial charge in [0.05, 0.1) is 4.90 Å². The zero-order valence-corrected chi connectivity index (χ0v) is 15.9. The van der Waals surface area contributed by atoms with Gasteiger partial charge < -0.3 is 5.32 Å². The highest BCUT2D eigenvalue weighted by atomic mass is 32.2. The number of nitrogens with one attached hydrogen (secondary N) is 2. The van der Waals surface area contributed by atoms with Gasteiger partial charge in [0.25, 0.3) is 5.91 Å². The topological polar surface area (TPSA) is 75.3 Å². The summed E-state index contributed by atoms with van der Waals surface area (Å²) < 4.78 is 26.9. The van der Waals surface area contributed by atoms with Gasteiger partial charge in [-0.25, -0.2) is 13.1 Å². The first-order valence-corrected chi connectivity index (χ1v) is 10.2. The number of hydrogen-bond acceptors (Lipinski definition) is 3. The predicted molar refractivity (Wildman–Crippen MR) is 97.5 cm³/mol. The van der Waals surface area contributed by atoms with Crippen LogP contribution in [0.3, 0.4) is 0 Å². The van der Waals surface area contributed by atoms with Crippen LogP contribution in [0.1, 0.15) is 63.7 Å². The molecule has 0 fully saturated rings. The number of unbranched alkanes of at least 4 members (excludes halogenated alkanes) is 1. The van der Waals surface area contributed by atoms with Crippen molar-refractivity contribution in [2.75, 3.05) is 6.54 Å². The molecule has 1 rings (SSSR count).